The van der Waals surface area contributed by atoms with Gasteiger partial charge in [-0.15, -0.1) is 11.3 Å². The number of nitrogens with one attached hydrogen (secondary N) is 2. The molecule has 5 nitrogen and oxygen atoms in total. The van der Waals surface area contributed by atoms with Crippen LogP contribution in [0.15, 0.2) is 6.20 Å². The van der Waals surface area contributed by atoms with Gasteiger partial charge in [0.15, 0.2) is 0 Å². The summed E-state index contributed by atoms with van der Waals surface area (Å²) in [7, 11) is 0. The molecular weight excluding hydrogens is 238 g/mol. The largest absolute Gasteiger partial charge is 0.378 e. The van der Waals surface area contributed by atoms with E-state index < -0.39 is 0 Å². The number of rotatable bonds is 4. The molecule has 17 heavy (non-hydrogen) atoms. The van der Waals surface area contributed by atoms with E-state index in [1.165, 1.54) is 0 Å². The second-order valence-corrected chi connectivity index (χ2v) is 5.37. The van der Waals surface area contributed by atoms with Crippen molar-refractivity contribution >= 4 is 17.2 Å². The Bertz CT molecular complexity index is 375. The van der Waals surface area contributed by atoms with E-state index in [-0.39, 0.29) is 11.9 Å². The van der Waals surface area contributed by atoms with Gasteiger partial charge in [0.1, 0.15) is 0 Å². The number of amides is 1. The van der Waals surface area contributed by atoms with E-state index in [9.17, 15) is 4.79 Å². The minimum atomic E-state index is 0.0547. The zero-order chi connectivity index (χ0) is 12.1. The maximum absolute atomic E-state index is 11.7. The van der Waals surface area contributed by atoms with E-state index in [1.54, 1.807) is 11.3 Å². The molecule has 0 saturated carbocycles. The van der Waals surface area contributed by atoms with E-state index >= 15 is 0 Å². The van der Waals surface area contributed by atoms with Crippen molar-refractivity contribution in [3.63, 3.8) is 0 Å². The molecule has 94 valence electrons. The van der Waals surface area contributed by atoms with Crippen molar-refractivity contribution < 1.29 is 9.53 Å². The first-order valence-corrected chi connectivity index (χ1v) is 6.55. The highest BCUT2D eigenvalue weighted by Crippen LogP contribution is 2.10. The van der Waals surface area contributed by atoms with Gasteiger partial charge in [-0.25, -0.2) is 4.98 Å². The molecule has 1 fully saturated rings. The van der Waals surface area contributed by atoms with Crippen LogP contribution in [0.4, 0.5) is 0 Å². The lowest BCUT2D eigenvalue weighted by Gasteiger charge is -2.23. The number of morpholine rings is 1. The van der Waals surface area contributed by atoms with E-state index in [4.69, 9.17) is 4.74 Å². The van der Waals surface area contributed by atoms with Gasteiger partial charge in [0.25, 0.3) is 0 Å². The van der Waals surface area contributed by atoms with Gasteiger partial charge >= 0.3 is 0 Å². The molecule has 1 aromatic heterocycles. The molecule has 0 radical (unpaired) electrons. The van der Waals surface area contributed by atoms with Crippen LogP contribution in [0.1, 0.15) is 16.3 Å². The summed E-state index contributed by atoms with van der Waals surface area (Å²) in [6.07, 6.45) is 2.28. The molecule has 1 aliphatic heterocycles. The first kappa shape index (κ1) is 12.5. The summed E-state index contributed by atoms with van der Waals surface area (Å²) in [6.45, 7) is 4.70. The summed E-state index contributed by atoms with van der Waals surface area (Å²) in [4.78, 5) is 16.9. The van der Waals surface area contributed by atoms with Crippen LogP contribution in [-0.4, -0.2) is 36.7 Å². The molecule has 2 rings (SSSR count). The number of nitrogens with zero attached hydrogens (tertiary/aromatic N) is 1. The van der Waals surface area contributed by atoms with Crippen LogP contribution in [0, 0.1) is 6.92 Å². The van der Waals surface area contributed by atoms with E-state index in [0.717, 1.165) is 23.0 Å². The Morgan fingerprint density at radius 1 is 1.76 bits per heavy atom. The third kappa shape index (κ3) is 4.07. The average molecular weight is 255 g/mol. The summed E-state index contributed by atoms with van der Waals surface area (Å²) < 4.78 is 5.30. The lowest BCUT2D eigenvalue weighted by atomic mass is 10.2. The summed E-state index contributed by atoms with van der Waals surface area (Å²) >= 11 is 1.61. The number of carbonyl (C=O) groups is 1. The number of ether oxygens (including phenoxy) is 1. The Morgan fingerprint density at radius 3 is 3.29 bits per heavy atom. The molecule has 1 unspecified atom stereocenters. The third-order valence-corrected chi connectivity index (χ3v) is 3.47. The van der Waals surface area contributed by atoms with Crippen molar-refractivity contribution in [1.82, 2.24) is 15.6 Å². The molecule has 1 atom stereocenters. The van der Waals surface area contributed by atoms with Crippen molar-refractivity contribution in [1.29, 1.82) is 0 Å². The van der Waals surface area contributed by atoms with E-state index in [1.807, 2.05) is 13.1 Å². The molecule has 1 aliphatic rings. The summed E-state index contributed by atoms with van der Waals surface area (Å²) in [5, 5.41) is 7.18. The van der Waals surface area contributed by atoms with Gasteiger partial charge in [-0.3, -0.25) is 4.79 Å². The standard InChI is InChI=1S/C11H17N3O2S/c1-8-13-5-10(17-8)6-14-11(15)4-9-7-16-3-2-12-9/h5,9,12H,2-4,6-7H2,1H3,(H,14,15). The number of hydrogen-bond acceptors (Lipinski definition) is 5. The second-order valence-electron chi connectivity index (χ2n) is 4.05. The number of thiazole rings is 1. The normalized spacial score (nSPS) is 20.2. The van der Waals surface area contributed by atoms with Gasteiger partial charge in [0, 0.05) is 30.1 Å². The predicted octanol–water partition coefficient (Wildman–Crippen LogP) is 0.446. The van der Waals surface area contributed by atoms with E-state index in [0.29, 0.717) is 19.6 Å². The molecule has 6 heteroatoms. The number of carbonyl (C=O) groups excluding carboxylic acids is 1. The molecule has 1 amide bonds. The predicted molar refractivity (Wildman–Crippen MR) is 65.9 cm³/mol. The Labute approximate surface area is 105 Å². The fourth-order valence-electron chi connectivity index (χ4n) is 1.72. The summed E-state index contributed by atoms with van der Waals surface area (Å²) in [6, 6.07) is 0.145. The Morgan fingerprint density at radius 2 is 2.65 bits per heavy atom. The quantitative estimate of drug-likeness (QED) is 0.820. The Kier molecular flexibility index (Phi) is 4.47. The molecule has 1 saturated heterocycles. The van der Waals surface area contributed by atoms with Crippen molar-refractivity contribution in [3.8, 4) is 0 Å². The van der Waals surface area contributed by atoms with Crippen molar-refractivity contribution in [2.45, 2.75) is 25.9 Å². The summed E-state index contributed by atoms with van der Waals surface area (Å²) in [5.41, 5.74) is 0. The topological polar surface area (TPSA) is 63.2 Å². The lowest BCUT2D eigenvalue weighted by Crippen LogP contribution is -2.44. The van der Waals surface area contributed by atoms with Crippen LogP contribution >= 0.6 is 11.3 Å². The number of aryl methyl sites for hydroxylation is 1. The fourth-order valence-corrected chi connectivity index (χ4v) is 2.45. The van der Waals surface area contributed by atoms with Gasteiger partial charge in [0.2, 0.25) is 5.91 Å². The van der Waals surface area contributed by atoms with Gasteiger partial charge in [-0.05, 0) is 6.92 Å². The Hall–Kier alpha value is -0.980. The van der Waals surface area contributed by atoms with Crippen LogP contribution in [0.25, 0.3) is 0 Å². The maximum Gasteiger partial charge on any atom is 0.221 e. The van der Waals surface area contributed by atoms with Crippen LogP contribution in [0.5, 0.6) is 0 Å². The number of hydrogen-bond donors (Lipinski definition) is 2. The highest BCUT2D eigenvalue weighted by molar-refractivity contribution is 7.11. The van der Waals surface area contributed by atoms with Gasteiger partial charge in [0.05, 0.1) is 24.8 Å². The average Bonchev–Trinajstić information content (AvgIpc) is 2.74. The molecule has 0 spiro atoms. The third-order valence-electron chi connectivity index (χ3n) is 2.56. The van der Waals surface area contributed by atoms with Crippen LogP contribution in [-0.2, 0) is 16.1 Å². The first-order valence-electron chi connectivity index (χ1n) is 5.73. The van der Waals surface area contributed by atoms with Crippen molar-refractivity contribution in [3.05, 3.63) is 16.1 Å². The minimum Gasteiger partial charge on any atom is -0.378 e. The summed E-state index contributed by atoms with van der Waals surface area (Å²) in [5.74, 6) is 0.0547. The molecule has 0 aliphatic carbocycles. The van der Waals surface area contributed by atoms with Crippen LogP contribution in [0.3, 0.4) is 0 Å². The highest BCUT2D eigenvalue weighted by atomic mass is 32.1. The van der Waals surface area contributed by atoms with Gasteiger partial charge in [-0.1, -0.05) is 0 Å². The first-order chi connectivity index (χ1) is 8.24. The lowest BCUT2D eigenvalue weighted by molar-refractivity contribution is -0.122. The smallest absolute Gasteiger partial charge is 0.221 e. The van der Waals surface area contributed by atoms with Crippen LogP contribution < -0.4 is 10.6 Å². The highest BCUT2D eigenvalue weighted by Gasteiger charge is 2.16. The maximum atomic E-state index is 11.7. The monoisotopic (exact) mass is 255 g/mol. The number of aromatic nitrogens is 1. The van der Waals surface area contributed by atoms with Gasteiger partial charge in [-0.2, -0.15) is 0 Å². The van der Waals surface area contributed by atoms with Crippen molar-refractivity contribution in [2.75, 3.05) is 19.8 Å². The Balaban J connectivity index is 1.70. The zero-order valence-corrected chi connectivity index (χ0v) is 10.7. The van der Waals surface area contributed by atoms with Gasteiger partial charge < -0.3 is 15.4 Å². The molecule has 2 heterocycles. The zero-order valence-electron chi connectivity index (χ0n) is 9.86. The van der Waals surface area contributed by atoms with Crippen LogP contribution in [0.2, 0.25) is 0 Å². The SMILES string of the molecule is Cc1ncc(CNC(=O)CC2COCCN2)s1. The van der Waals surface area contributed by atoms with Crippen molar-refractivity contribution in [2.24, 2.45) is 0 Å². The fraction of sp³-hybridized carbons (Fsp3) is 0.636. The van der Waals surface area contributed by atoms with E-state index in [2.05, 4.69) is 15.6 Å². The molecule has 1 aromatic rings. The second kappa shape index (κ2) is 6.09. The molecular formula is C11H17N3O2S. The molecule has 0 aromatic carbocycles. The minimum absolute atomic E-state index is 0.0547. The molecule has 2 N–H and O–H groups in total. The molecule has 0 bridgehead atoms.